The van der Waals surface area contributed by atoms with E-state index in [9.17, 15) is 15.0 Å². The van der Waals surface area contributed by atoms with Gasteiger partial charge in [0, 0.05) is 35.0 Å². The fraction of sp³-hybridized carbons (Fsp3) is 0.350. The van der Waals surface area contributed by atoms with Gasteiger partial charge >= 0.3 is 0 Å². The largest absolute Gasteiger partial charge is 0.508 e. The van der Waals surface area contributed by atoms with E-state index in [1.807, 2.05) is 24.3 Å². The Balaban J connectivity index is 1.78. The van der Waals surface area contributed by atoms with Crippen LogP contribution < -0.4 is 5.32 Å². The standard InChI is InChI=1S/C20H21NO3/c22-16-10-3-1-6-12(16)18-14-8-5-9-15(20(14)24)19(21-18)13-7-2-4-11-17(13)23/h1-4,6-7,10-11,14-15,18-19,21-23H,5,8-9H2. The van der Waals surface area contributed by atoms with E-state index in [0.29, 0.717) is 0 Å². The molecule has 4 rings (SSSR count). The van der Waals surface area contributed by atoms with Crippen LogP contribution in [0.25, 0.3) is 0 Å². The third-order valence-electron chi connectivity index (χ3n) is 5.47. The number of nitrogens with one attached hydrogen (secondary N) is 1. The highest BCUT2D eigenvalue weighted by molar-refractivity contribution is 5.87. The lowest BCUT2D eigenvalue weighted by molar-refractivity contribution is -0.135. The fourth-order valence-corrected chi connectivity index (χ4v) is 4.32. The number of phenolic OH excluding ortho intramolecular Hbond substituents is 2. The van der Waals surface area contributed by atoms with Gasteiger partial charge in [0.15, 0.2) is 0 Å². The highest BCUT2D eigenvalue weighted by Crippen LogP contribution is 2.48. The second-order valence-electron chi connectivity index (χ2n) is 6.79. The maximum absolute atomic E-state index is 13.0. The van der Waals surface area contributed by atoms with E-state index in [4.69, 9.17) is 0 Å². The Morgan fingerprint density at radius 2 is 1.25 bits per heavy atom. The van der Waals surface area contributed by atoms with Gasteiger partial charge in [-0.1, -0.05) is 42.8 Å². The molecule has 2 bridgehead atoms. The Morgan fingerprint density at radius 3 is 1.71 bits per heavy atom. The molecule has 2 aliphatic rings. The van der Waals surface area contributed by atoms with E-state index in [1.165, 1.54) is 0 Å². The summed E-state index contributed by atoms with van der Waals surface area (Å²) in [6.07, 6.45) is 2.68. The third kappa shape index (κ3) is 2.38. The summed E-state index contributed by atoms with van der Waals surface area (Å²) in [6.45, 7) is 0. The first kappa shape index (κ1) is 15.2. The van der Waals surface area contributed by atoms with E-state index < -0.39 is 0 Å². The number of Topliss-reactive ketones (excluding diaryl/α,β-unsaturated/α-hetero) is 1. The van der Waals surface area contributed by atoms with Gasteiger partial charge in [-0.05, 0) is 25.0 Å². The molecule has 4 heteroatoms. The smallest absolute Gasteiger partial charge is 0.142 e. The van der Waals surface area contributed by atoms with Crippen molar-refractivity contribution in [2.75, 3.05) is 0 Å². The van der Waals surface area contributed by atoms with Crippen molar-refractivity contribution in [3.05, 3.63) is 59.7 Å². The predicted molar refractivity (Wildman–Crippen MR) is 90.7 cm³/mol. The number of fused-ring (bicyclic) bond motifs is 2. The van der Waals surface area contributed by atoms with Crippen LogP contribution in [0.15, 0.2) is 48.5 Å². The highest BCUT2D eigenvalue weighted by atomic mass is 16.3. The van der Waals surface area contributed by atoms with Gasteiger partial charge in [0.25, 0.3) is 0 Å². The second-order valence-corrected chi connectivity index (χ2v) is 6.79. The number of ketones is 1. The van der Waals surface area contributed by atoms with Crippen molar-refractivity contribution >= 4 is 5.78 Å². The number of hydrogen-bond donors (Lipinski definition) is 3. The van der Waals surface area contributed by atoms with E-state index in [2.05, 4.69) is 5.32 Å². The molecule has 24 heavy (non-hydrogen) atoms. The average Bonchev–Trinajstić information content (AvgIpc) is 2.57. The van der Waals surface area contributed by atoms with Crippen molar-refractivity contribution < 1.29 is 15.0 Å². The molecular weight excluding hydrogens is 302 g/mol. The molecule has 1 saturated carbocycles. The number of carbonyl (C=O) groups is 1. The van der Waals surface area contributed by atoms with Gasteiger partial charge in [-0.15, -0.1) is 0 Å². The number of carbonyl (C=O) groups excluding carboxylic acids is 1. The van der Waals surface area contributed by atoms with Crippen molar-refractivity contribution in [1.29, 1.82) is 0 Å². The van der Waals surface area contributed by atoms with Crippen LogP contribution in [0.1, 0.15) is 42.5 Å². The van der Waals surface area contributed by atoms with Gasteiger partial charge in [0.2, 0.25) is 0 Å². The molecule has 2 aromatic carbocycles. The summed E-state index contributed by atoms with van der Waals surface area (Å²) < 4.78 is 0. The molecule has 1 heterocycles. The van der Waals surface area contributed by atoms with E-state index in [-0.39, 0.29) is 41.2 Å². The number of rotatable bonds is 2. The molecule has 0 amide bonds. The first-order valence-corrected chi connectivity index (χ1v) is 8.52. The maximum Gasteiger partial charge on any atom is 0.142 e. The number of piperidine rings is 1. The molecular formula is C20H21NO3. The zero-order chi connectivity index (χ0) is 16.7. The van der Waals surface area contributed by atoms with E-state index >= 15 is 0 Å². The first-order valence-electron chi connectivity index (χ1n) is 8.52. The van der Waals surface area contributed by atoms with Gasteiger partial charge in [0.1, 0.15) is 17.3 Å². The Morgan fingerprint density at radius 1 is 0.792 bits per heavy atom. The van der Waals surface area contributed by atoms with Crippen molar-refractivity contribution in [2.24, 2.45) is 11.8 Å². The van der Waals surface area contributed by atoms with Crippen molar-refractivity contribution in [3.8, 4) is 11.5 Å². The Labute approximate surface area is 141 Å². The SMILES string of the molecule is O=C1C2CCCC1C(c1ccccc1O)NC2c1ccccc1O. The lowest BCUT2D eigenvalue weighted by atomic mass is 9.67. The molecule has 124 valence electrons. The molecule has 0 radical (unpaired) electrons. The van der Waals surface area contributed by atoms with E-state index in [1.54, 1.807) is 24.3 Å². The number of phenols is 2. The molecule has 4 unspecified atom stereocenters. The lowest BCUT2D eigenvalue weighted by Gasteiger charge is -2.45. The quantitative estimate of drug-likeness (QED) is 0.791. The van der Waals surface area contributed by atoms with Crippen LogP contribution in [-0.2, 0) is 4.79 Å². The number of aromatic hydroxyl groups is 2. The van der Waals surface area contributed by atoms with Crippen LogP contribution in [-0.4, -0.2) is 16.0 Å². The molecule has 3 N–H and O–H groups in total. The minimum atomic E-state index is -0.222. The summed E-state index contributed by atoms with van der Waals surface area (Å²) in [5, 5.41) is 24.1. The monoisotopic (exact) mass is 323 g/mol. The molecule has 0 spiro atoms. The van der Waals surface area contributed by atoms with Crippen LogP contribution >= 0.6 is 0 Å². The van der Waals surface area contributed by atoms with Gasteiger partial charge < -0.3 is 15.5 Å². The molecule has 1 saturated heterocycles. The topological polar surface area (TPSA) is 69.6 Å². The zero-order valence-corrected chi connectivity index (χ0v) is 13.4. The van der Waals surface area contributed by atoms with Crippen LogP contribution in [0.4, 0.5) is 0 Å². The lowest BCUT2D eigenvalue weighted by Crippen LogP contribution is -2.50. The second kappa shape index (κ2) is 5.95. The Hall–Kier alpha value is -2.33. The molecule has 4 nitrogen and oxygen atoms in total. The van der Waals surface area contributed by atoms with Gasteiger partial charge in [-0.2, -0.15) is 0 Å². The Bertz CT molecular complexity index is 711. The number of benzene rings is 2. The normalized spacial score (nSPS) is 29.4. The van der Waals surface area contributed by atoms with Crippen LogP contribution in [0.5, 0.6) is 11.5 Å². The third-order valence-corrected chi connectivity index (χ3v) is 5.47. The summed E-state index contributed by atoms with van der Waals surface area (Å²) in [5.41, 5.74) is 1.52. The predicted octanol–water partition coefficient (Wildman–Crippen LogP) is 3.47. The zero-order valence-electron chi connectivity index (χ0n) is 13.4. The molecule has 4 atom stereocenters. The Kier molecular flexibility index (Phi) is 3.77. The molecule has 2 aromatic rings. The summed E-state index contributed by atoms with van der Waals surface area (Å²) in [7, 11) is 0. The minimum Gasteiger partial charge on any atom is -0.508 e. The average molecular weight is 323 g/mol. The van der Waals surface area contributed by atoms with Crippen molar-refractivity contribution in [3.63, 3.8) is 0 Å². The highest BCUT2D eigenvalue weighted by Gasteiger charge is 2.47. The van der Waals surface area contributed by atoms with Crippen molar-refractivity contribution in [1.82, 2.24) is 5.32 Å². The van der Waals surface area contributed by atoms with Crippen LogP contribution in [0, 0.1) is 11.8 Å². The van der Waals surface area contributed by atoms with Crippen molar-refractivity contribution in [2.45, 2.75) is 31.3 Å². The van der Waals surface area contributed by atoms with Gasteiger partial charge in [0.05, 0.1) is 0 Å². The first-order chi connectivity index (χ1) is 11.7. The summed E-state index contributed by atoms with van der Waals surface area (Å²) in [5.74, 6) is 0.450. The minimum absolute atomic E-state index is 0.112. The summed E-state index contributed by atoms with van der Waals surface area (Å²) >= 11 is 0. The molecule has 0 aromatic heterocycles. The van der Waals surface area contributed by atoms with Gasteiger partial charge in [-0.25, -0.2) is 0 Å². The maximum atomic E-state index is 13.0. The summed E-state index contributed by atoms with van der Waals surface area (Å²) in [4.78, 5) is 13.0. The van der Waals surface area contributed by atoms with Crippen LogP contribution in [0.3, 0.4) is 0 Å². The van der Waals surface area contributed by atoms with E-state index in [0.717, 1.165) is 30.4 Å². The summed E-state index contributed by atoms with van der Waals surface area (Å²) in [6, 6.07) is 13.9. The fourth-order valence-electron chi connectivity index (χ4n) is 4.32. The number of hydrogen-bond acceptors (Lipinski definition) is 4. The van der Waals surface area contributed by atoms with Gasteiger partial charge in [-0.3, -0.25) is 4.79 Å². The number of para-hydroxylation sites is 2. The molecule has 1 aliphatic heterocycles. The molecule has 2 fully saturated rings. The van der Waals surface area contributed by atoms with Crippen LogP contribution in [0.2, 0.25) is 0 Å². The molecule has 1 aliphatic carbocycles.